The van der Waals surface area contributed by atoms with E-state index in [-0.39, 0.29) is 24.8 Å². The molecule has 2 aromatic heterocycles. The number of hydrogen-bond donors (Lipinski definition) is 6. The van der Waals surface area contributed by atoms with Gasteiger partial charge in [0.2, 0.25) is 19.2 Å². The first kappa shape index (κ1) is 52.0. The summed E-state index contributed by atoms with van der Waals surface area (Å²) in [4.78, 5) is 19.6. The number of aryl methyl sites for hydroxylation is 4. The van der Waals surface area contributed by atoms with Crippen molar-refractivity contribution in [2.45, 2.75) is 66.0 Å². The molecule has 9 N–H and O–H groups in total. The normalized spacial score (nSPS) is 10.3. The Morgan fingerprint density at radius 3 is 1.70 bits per heavy atom. The highest BCUT2D eigenvalue weighted by atomic mass is 19.1. The molecule has 8 rings (SSSR count). The molecule has 12 nitrogen and oxygen atoms in total. The van der Waals surface area contributed by atoms with Gasteiger partial charge in [0.25, 0.3) is 0 Å². The first-order valence-corrected chi connectivity index (χ1v) is 22.4. The number of fused-ring (bicyclic) bond motifs is 2. The Hall–Kier alpha value is -7.98. The van der Waals surface area contributed by atoms with Crippen LogP contribution in [0.15, 0.2) is 121 Å². The van der Waals surface area contributed by atoms with E-state index in [9.17, 15) is 18.7 Å². The second kappa shape index (κ2) is 26.4. The Kier molecular flexibility index (Phi) is 19.9. The van der Waals surface area contributed by atoms with Crippen molar-refractivity contribution in [3.05, 3.63) is 177 Å². The predicted octanol–water partition coefficient (Wildman–Crippen LogP) is 9.00. The van der Waals surface area contributed by atoms with Crippen molar-refractivity contribution in [1.29, 1.82) is 5.26 Å². The van der Waals surface area contributed by atoms with Crippen LogP contribution in [0.4, 0.5) is 32.1 Å². The Balaban J connectivity index is 0.000000199. The van der Waals surface area contributed by atoms with E-state index in [2.05, 4.69) is 58.2 Å². The summed E-state index contributed by atoms with van der Waals surface area (Å²) in [6, 6.07) is 38.0. The van der Waals surface area contributed by atoms with E-state index in [4.69, 9.17) is 27.6 Å². The molecule has 0 aliphatic rings. The maximum absolute atomic E-state index is 13.2. The van der Waals surface area contributed by atoms with Gasteiger partial charge in [0.1, 0.15) is 17.9 Å². The van der Waals surface area contributed by atoms with Gasteiger partial charge in [-0.2, -0.15) is 5.26 Å². The smallest absolute Gasteiger partial charge is 0.214 e. The molecule has 0 fully saturated rings. The van der Waals surface area contributed by atoms with E-state index < -0.39 is 0 Å². The minimum Gasteiger partial charge on any atom is -0.398 e. The quantitative estimate of drug-likeness (QED) is 0.0264. The van der Waals surface area contributed by atoms with Crippen LogP contribution in [0.1, 0.15) is 62.1 Å². The van der Waals surface area contributed by atoms with Gasteiger partial charge in [-0.3, -0.25) is 4.79 Å². The molecule has 15 heteroatoms. The molecule has 0 saturated carbocycles. The fraction of sp³-hybridized carbons (Fsp3) is 0.222. The zero-order valence-corrected chi connectivity index (χ0v) is 39.1. The number of benzene rings is 6. The summed E-state index contributed by atoms with van der Waals surface area (Å²) in [6.45, 7) is 7.96. The Morgan fingerprint density at radius 1 is 0.681 bits per heavy atom. The molecule has 0 bridgehead atoms. The molecular formula is C54H57BF2N9O3. The van der Waals surface area contributed by atoms with Crippen LogP contribution in [0.2, 0.25) is 6.82 Å². The zero-order valence-electron chi connectivity index (χ0n) is 39.1. The number of carbonyl (C=O) groups excluding carboxylic acids is 1. The molecule has 0 saturated heterocycles. The predicted molar refractivity (Wildman–Crippen MR) is 275 cm³/mol. The van der Waals surface area contributed by atoms with Crippen molar-refractivity contribution in [3.8, 4) is 17.8 Å². The van der Waals surface area contributed by atoms with Gasteiger partial charge >= 0.3 is 0 Å². The van der Waals surface area contributed by atoms with Crippen LogP contribution in [-0.2, 0) is 32.5 Å². The van der Waals surface area contributed by atoms with Crippen molar-refractivity contribution in [2.75, 3.05) is 35.7 Å². The molecule has 0 amide bonds. The molecule has 2 heterocycles. The number of nitrogen functional groups attached to an aromatic ring is 3. The van der Waals surface area contributed by atoms with Crippen LogP contribution in [0, 0.1) is 48.6 Å². The Morgan fingerprint density at radius 2 is 1.19 bits per heavy atom. The van der Waals surface area contributed by atoms with Crippen molar-refractivity contribution < 1.29 is 23.8 Å². The lowest BCUT2D eigenvalue weighted by Gasteiger charge is -2.13. The number of hydrogen-bond acceptors (Lipinski definition) is 10. The lowest BCUT2D eigenvalue weighted by molar-refractivity contribution is 0.112. The number of aldehydes is 1. The topological polar surface area (TPSA) is 207 Å². The zero-order chi connectivity index (χ0) is 49.7. The van der Waals surface area contributed by atoms with Crippen molar-refractivity contribution in [3.63, 3.8) is 0 Å². The number of nitrogens with zero attached hydrogens (tertiary/aromatic N) is 5. The fourth-order valence-corrected chi connectivity index (χ4v) is 7.26. The summed E-state index contributed by atoms with van der Waals surface area (Å²) in [6.07, 6.45) is 4.01. The molecule has 353 valence electrons. The number of nitriles is 1. The SMILES string of the molecule is C[B]C#CC#N.Cc1ccc(CCCO)c(N)c1.Cc1ccc(CCCO)c(NCc2ccc3nc(N)n(Cc4ccc(F)cc4)c3c2)c1.Nc1nc2ccc(C=O)cc2n1Cc1ccc(F)cc1. The monoisotopic (exact) mass is 928 g/mol. The molecule has 69 heavy (non-hydrogen) atoms. The minimum absolute atomic E-state index is 0.184. The van der Waals surface area contributed by atoms with Crippen LogP contribution in [-0.4, -0.2) is 56.1 Å². The van der Waals surface area contributed by atoms with Crippen LogP contribution < -0.4 is 22.5 Å². The largest absolute Gasteiger partial charge is 0.398 e. The van der Waals surface area contributed by atoms with Crippen molar-refractivity contribution >= 4 is 58.9 Å². The van der Waals surface area contributed by atoms with Gasteiger partial charge in [0, 0.05) is 42.6 Å². The molecule has 0 aliphatic carbocycles. The number of carbonyl (C=O) groups is 1. The Bertz CT molecular complexity index is 3050. The molecule has 6 aromatic carbocycles. The number of aromatic nitrogens is 4. The third kappa shape index (κ3) is 15.5. The first-order valence-electron chi connectivity index (χ1n) is 22.4. The summed E-state index contributed by atoms with van der Waals surface area (Å²) in [5, 5.41) is 29.1. The van der Waals surface area contributed by atoms with Crippen molar-refractivity contribution in [1.82, 2.24) is 19.1 Å². The summed E-state index contributed by atoms with van der Waals surface area (Å²) in [5.41, 5.74) is 31.4. The molecule has 0 aliphatic heterocycles. The van der Waals surface area contributed by atoms with Crippen LogP contribution >= 0.6 is 0 Å². The highest BCUT2D eigenvalue weighted by molar-refractivity contribution is 6.44. The number of nitrogens with one attached hydrogen (secondary N) is 1. The highest BCUT2D eigenvalue weighted by Gasteiger charge is 2.12. The van der Waals surface area contributed by atoms with E-state index in [0.717, 1.165) is 87.7 Å². The maximum atomic E-state index is 13.2. The number of anilines is 4. The summed E-state index contributed by atoms with van der Waals surface area (Å²) < 4.78 is 29.9. The average molecular weight is 929 g/mol. The molecule has 0 unspecified atom stereocenters. The van der Waals surface area contributed by atoms with Crippen LogP contribution in [0.25, 0.3) is 22.1 Å². The fourth-order valence-electron chi connectivity index (χ4n) is 7.26. The van der Waals surface area contributed by atoms with Crippen LogP contribution in [0.3, 0.4) is 0 Å². The molecule has 0 spiro atoms. The molecular weight excluding hydrogens is 871 g/mol. The number of aliphatic hydroxyl groups is 2. The summed E-state index contributed by atoms with van der Waals surface area (Å²) in [5.74, 6) is 4.94. The van der Waals surface area contributed by atoms with Crippen molar-refractivity contribution in [2.24, 2.45) is 0 Å². The Labute approximate surface area is 402 Å². The van der Waals surface area contributed by atoms with Crippen LogP contribution in [0.5, 0.6) is 0 Å². The number of nitrogens with two attached hydrogens (primary N) is 3. The number of aliphatic hydroxyl groups excluding tert-OH is 2. The van der Waals surface area contributed by atoms with E-state index in [1.165, 1.54) is 41.0 Å². The van der Waals surface area contributed by atoms with Gasteiger partial charge in [0.15, 0.2) is 6.07 Å². The van der Waals surface area contributed by atoms with Gasteiger partial charge in [-0.05, 0) is 145 Å². The standard InChI is InChI=1S/C25H27FN4O.C15H12FN3O.C10H15NO.C4H3BN/c1-17-4-8-20(3-2-12-31)23(13-17)28-15-19-7-11-22-24(14-19)30(25(27)29-22)16-18-5-9-21(26)10-6-18;16-12-4-1-10(2-5-12)8-19-14-7-11(9-20)3-6-13(14)18-15(19)17;1-8-4-5-9(3-2-6-12)10(11)7-8;1-5-3-2-4-6/h4-11,13-14,28,31H,2-3,12,15-16H2,1H3,(H2,27,29);1-7,9H,8H2,(H2,17,18);4-5,7,12H,2-3,6,11H2,1H3;1H3. The third-order valence-electron chi connectivity index (χ3n) is 10.8. The summed E-state index contributed by atoms with van der Waals surface area (Å²) >= 11 is 0. The molecule has 1 radical (unpaired) electrons. The molecule has 8 aromatic rings. The lowest BCUT2D eigenvalue weighted by Crippen LogP contribution is -2.06. The van der Waals surface area contributed by atoms with Gasteiger partial charge < -0.3 is 41.9 Å². The molecule has 0 atom stereocenters. The number of rotatable bonds is 14. The second-order valence-corrected chi connectivity index (χ2v) is 16.1. The van der Waals surface area contributed by atoms with E-state index in [1.54, 1.807) is 67.2 Å². The van der Waals surface area contributed by atoms with Gasteiger partial charge in [-0.25, -0.2) is 18.7 Å². The maximum Gasteiger partial charge on any atom is 0.214 e. The summed E-state index contributed by atoms with van der Waals surface area (Å²) in [7, 11) is 1.63. The average Bonchev–Trinajstić information content (AvgIpc) is 3.83. The van der Waals surface area contributed by atoms with Gasteiger partial charge in [-0.15, -0.1) is 5.82 Å². The van der Waals surface area contributed by atoms with Gasteiger partial charge in [-0.1, -0.05) is 61.4 Å². The lowest BCUT2D eigenvalue weighted by atomic mass is 9.84. The first-order chi connectivity index (χ1) is 33.3. The van der Waals surface area contributed by atoms with Gasteiger partial charge in [0.05, 0.1) is 35.2 Å². The number of halogens is 2. The second-order valence-electron chi connectivity index (χ2n) is 16.1. The minimum atomic E-state index is -0.277. The third-order valence-corrected chi connectivity index (χ3v) is 10.8. The van der Waals surface area contributed by atoms with E-state index in [0.29, 0.717) is 37.1 Å². The number of imidazole rings is 2. The van der Waals surface area contributed by atoms with E-state index >= 15 is 0 Å². The van der Waals surface area contributed by atoms with E-state index in [1.807, 2.05) is 41.8 Å². The highest BCUT2D eigenvalue weighted by Crippen LogP contribution is 2.25.